The van der Waals surface area contributed by atoms with Crippen LogP contribution >= 0.6 is 0 Å². The third-order valence-corrected chi connectivity index (χ3v) is 5.76. The molecule has 1 aromatic carbocycles. The molecule has 1 aliphatic heterocycles. The Kier molecular flexibility index (Phi) is 5.67. The van der Waals surface area contributed by atoms with Crippen molar-refractivity contribution in [1.29, 1.82) is 0 Å². The van der Waals surface area contributed by atoms with Gasteiger partial charge in [0, 0.05) is 24.5 Å². The molecule has 4 rings (SSSR count). The Morgan fingerprint density at radius 3 is 2.67 bits per heavy atom. The van der Waals surface area contributed by atoms with Gasteiger partial charge in [-0.25, -0.2) is 4.98 Å². The van der Waals surface area contributed by atoms with Crippen molar-refractivity contribution in [2.75, 3.05) is 45.2 Å². The fourth-order valence-electron chi connectivity index (χ4n) is 4.44. The predicted molar refractivity (Wildman–Crippen MR) is 110 cm³/mol. The summed E-state index contributed by atoms with van der Waals surface area (Å²) in [6.45, 7) is 7.32. The molecule has 1 saturated heterocycles. The van der Waals surface area contributed by atoms with Crippen molar-refractivity contribution < 1.29 is 9.47 Å². The number of nitrogens with zero attached hydrogens (tertiary/aromatic N) is 2. The third-order valence-electron chi connectivity index (χ3n) is 5.76. The quantitative estimate of drug-likeness (QED) is 0.712. The molecule has 1 aromatic heterocycles. The van der Waals surface area contributed by atoms with E-state index >= 15 is 0 Å². The number of methoxy groups -OCH3 is 1. The molecular formula is C22H31N3O2. The topological polar surface area (TPSA) is 46.6 Å². The van der Waals surface area contributed by atoms with E-state index in [1.54, 1.807) is 7.11 Å². The van der Waals surface area contributed by atoms with E-state index in [4.69, 9.17) is 14.5 Å². The summed E-state index contributed by atoms with van der Waals surface area (Å²) in [6, 6.07) is 4.18. The molecule has 5 nitrogen and oxygen atoms in total. The van der Waals surface area contributed by atoms with Gasteiger partial charge in [0.1, 0.15) is 5.82 Å². The standard InChI is InChI=1S/C22H31N3O2/c1-3-23-22-17-9-6-8-16(17)18-14-20(26-2)21(15-19(18)24-22)27-13-7-12-25-10-4-5-11-25/h14-15H,3-13H2,1-2H3,(H,23,24). The highest BCUT2D eigenvalue weighted by Gasteiger charge is 2.21. The first-order chi connectivity index (χ1) is 13.3. The summed E-state index contributed by atoms with van der Waals surface area (Å²) >= 11 is 0. The van der Waals surface area contributed by atoms with Crippen LogP contribution in [-0.2, 0) is 12.8 Å². The minimum Gasteiger partial charge on any atom is -0.493 e. The predicted octanol–water partition coefficient (Wildman–Crippen LogP) is 4.03. The summed E-state index contributed by atoms with van der Waals surface area (Å²) < 4.78 is 11.7. The van der Waals surface area contributed by atoms with Gasteiger partial charge in [-0.2, -0.15) is 0 Å². The largest absolute Gasteiger partial charge is 0.493 e. The van der Waals surface area contributed by atoms with E-state index in [1.165, 1.54) is 48.9 Å². The number of anilines is 1. The summed E-state index contributed by atoms with van der Waals surface area (Å²) in [6.07, 6.45) is 7.14. The van der Waals surface area contributed by atoms with Crippen molar-refractivity contribution in [2.24, 2.45) is 0 Å². The highest BCUT2D eigenvalue weighted by Crippen LogP contribution is 2.39. The summed E-state index contributed by atoms with van der Waals surface area (Å²) in [5.41, 5.74) is 3.81. The summed E-state index contributed by atoms with van der Waals surface area (Å²) in [5.74, 6) is 2.66. The molecule has 5 heteroatoms. The average Bonchev–Trinajstić information content (AvgIpc) is 3.37. The minimum atomic E-state index is 0.712. The van der Waals surface area contributed by atoms with Crippen LogP contribution in [0.3, 0.4) is 0 Å². The van der Waals surface area contributed by atoms with E-state index in [2.05, 4.69) is 29.3 Å². The lowest BCUT2D eigenvalue weighted by Crippen LogP contribution is -2.21. The first-order valence-electron chi connectivity index (χ1n) is 10.4. The van der Waals surface area contributed by atoms with Crippen LogP contribution in [0, 0.1) is 0 Å². The Morgan fingerprint density at radius 2 is 1.89 bits per heavy atom. The minimum absolute atomic E-state index is 0.712. The van der Waals surface area contributed by atoms with E-state index in [0.29, 0.717) is 6.61 Å². The first-order valence-corrected chi connectivity index (χ1v) is 10.4. The Bertz CT molecular complexity index is 800. The molecule has 0 atom stereocenters. The zero-order valence-electron chi connectivity index (χ0n) is 16.6. The number of fused-ring (bicyclic) bond motifs is 3. The second-order valence-corrected chi connectivity index (χ2v) is 7.57. The number of rotatable bonds is 8. The highest BCUT2D eigenvalue weighted by molar-refractivity contribution is 5.89. The molecule has 0 bridgehead atoms. The van der Waals surface area contributed by atoms with Gasteiger partial charge in [-0.1, -0.05) is 0 Å². The molecule has 0 saturated carbocycles. The molecule has 1 fully saturated rings. The van der Waals surface area contributed by atoms with Gasteiger partial charge in [0.2, 0.25) is 0 Å². The molecule has 1 aliphatic carbocycles. The van der Waals surface area contributed by atoms with Gasteiger partial charge in [-0.05, 0) is 75.7 Å². The number of hydrogen-bond acceptors (Lipinski definition) is 5. The normalized spacial score (nSPS) is 16.7. The maximum Gasteiger partial charge on any atom is 0.163 e. The van der Waals surface area contributed by atoms with Crippen LogP contribution in [0.1, 0.15) is 43.7 Å². The van der Waals surface area contributed by atoms with Gasteiger partial charge in [-0.3, -0.25) is 0 Å². The lowest BCUT2D eigenvalue weighted by molar-refractivity contribution is 0.254. The second kappa shape index (κ2) is 8.34. The molecule has 2 aromatic rings. The molecule has 27 heavy (non-hydrogen) atoms. The van der Waals surface area contributed by atoms with Gasteiger partial charge in [0.05, 0.1) is 19.2 Å². The zero-order valence-corrected chi connectivity index (χ0v) is 16.6. The number of pyridine rings is 1. The molecule has 0 unspecified atom stereocenters. The molecule has 2 heterocycles. The smallest absolute Gasteiger partial charge is 0.163 e. The van der Waals surface area contributed by atoms with Crippen LogP contribution in [-0.4, -0.2) is 49.8 Å². The number of aryl methyl sites for hydroxylation is 1. The zero-order chi connectivity index (χ0) is 18.6. The Hall–Kier alpha value is -2.01. The molecule has 1 N–H and O–H groups in total. The van der Waals surface area contributed by atoms with Crippen LogP contribution in [0.4, 0.5) is 5.82 Å². The molecule has 0 spiro atoms. The van der Waals surface area contributed by atoms with Gasteiger partial charge < -0.3 is 19.7 Å². The van der Waals surface area contributed by atoms with Crippen molar-refractivity contribution in [3.63, 3.8) is 0 Å². The number of nitrogens with one attached hydrogen (secondary N) is 1. The third kappa shape index (κ3) is 3.84. The van der Waals surface area contributed by atoms with E-state index in [0.717, 1.165) is 55.2 Å². The SMILES string of the molecule is CCNc1nc2cc(OCCCN3CCCC3)c(OC)cc2c2c1CCC2. The number of hydrogen-bond donors (Lipinski definition) is 1. The van der Waals surface area contributed by atoms with Crippen molar-refractivity contribution in [2.45, 2.75) is 45.4 Å². The van der Waals surface area contributed by atoms with Gasteiger partial charge >= 0.3 is 0 Å². The number of likely N-dealkylation sites (tertiary alicyclic amines) is 1. The Balaban J connectivity index is 1.55. The summed E-state index contributed by atoms with van der Waals surface area (Å²) in [4.78, 5) is 7.43. The summed E-state index contributed by atoms with van der Waals surface area (Å²) in [5, 5.41) is 4.66. The number of benzene rings is 1. The lowest BCUT2D eigenvalue weighted by Gasteiger charge is -2.17. The number of aromatic nitrogens is 1. The van der Waals surface area contributed by atoms with Crippen LogP contribution < -0.4 is 14.8 Å². The molecule has 0 amide bonds. The monoisotopic (exact) mass is 369 g/mol. The van der Waals surface area contributed by atoms with Crippen molar-refractivity contribution in [1.82, 2.24) is 9.88 Å². The maximum absolute atomic E-state index is 6.10. The fraction of sp³-hybridized carbons (Fsp3) is 0.591. The maximum atomic E-state index is 6.10. The van der Waals surface area contributed by atoms with Crippen LogP contribution in [0.5, 0.6) is 11.5 Å². The van der Waals surface area contributed by atoms with Crippen LogP contribution in [0.2, 0.25) is 0 Å². The van der Waals surface area contributed by atoms with Crippen molar-refractivity contribution in [3.8, 4) is 11.5 Å². The van der Waals surface area contributed by atoms with Crippen molar-refractivity contribution in [3.05, 3.63) is 23.3 Å². The Morgan fingerprint density at radius 1 is 1.07 bits per heavy atom. The van der Waals surface area contributed by atoms with Crippen LogP contribution in [0.25, 0.3) is 10.9 Å². The van der Waals surface area contributed by atoms with Crippen molar-refractivity contribution >= 4 is 16.7 Å². The average molecular weight is 370 g/mol. The fourth-order valence-corrected chi connectivity index (χ4v) is 4.44. The molecule has 0 radical (unpaired) electrons. The van der Waals surface area contributed by atoms with E-state index in [-0.39, 0.29) is 0 Å². The Labute approximate surface area is 162 Å². The van der Waals surface area contributed by atoms with Gasteiger partial charge in [0.15, 0.2) is 11.5 Å². The van der Waals surface area contributed by atoms with E-state index < -0.39 is 0 Å². The first kappa shape index (κ1) is 18.4. The van der Waals surface area contributed by atoms with Crippen LogP contribution in [0.15, 0.2) is 12.1 Å². The summed E-state index contributed by atoms with van der Waals surface area (Å²) in [7, 11) is 1.72. The highest BCUT2D eigenvalue weighted by atomic mass is 16.5. The van der Waals surface area contributed by atoms with Gasteiger partial charge in [0.25, 0.3) is 0 Å². The van der Waals surface area contributed by atoms with E-state index in [1.807, 2.05) is 0 Å². The lowest BCUT2D eigenvalue weighted by atomic mass is 10.0. The van der Waals surface area contributed by atoms with Gasteiger partial charge in [-0.15, -0.1) is 0 Å². The molecule has 146 valence electrons. The van der Waals surface area contributed by atoms with E-state index in [9.17, 15) is 0 Å². The number of ether oxygens (including phenoxy) is 2. The second-order valence-electron chi connectivity index (χ2n) is 7.57. The molecular weight excluding hydrogens is 338 g/mol. The molecule has 2 aliphatic rings.